The maximum atomic E-state index is 11.9. The van der Waals surface area contributed by atoms with E-state index < -0.39 is 0 Å². The lowest BCUT2D eigenvalue weighted by molar-refractivity contribution is -0.120. The number of amides is 1. The van der Waals surface area contributed by atoms with Gasteiger partial charge in [-0.3, -0.25) is 4.79 Å². The van der Waals surface area contributed by atoms with E-state index in [0.29, 0.717) is 12.0 Å². The van der Waals surface area contributed by atoms with E-state index in [2.05, 4.69) is 18.3 Å². The summed E-state index contributed by atoms with van der Waals surface area (Å²) in [6.07, 6.45) is 1.39. The fourth-order valence-electron chi connectivity index (χ4n) is 2.10. The normalized spacial score (nSPS) is 19.2. The number of hydrogen-bond donors (Lipinski definition) is 1. The molecule has 1 N–H and O–H groups in total. The smallest absolute Gasteiger partial charge is 0.225 e. The van der Waals surface area contributed by atoms with Crippen LogP contribution in [0.4, 0.5) is 0 Å². The first-order valence-electron chi connectivity index (χ1n) is 6.28. The van der Waals surface area contributed by atoms with Gasteiger partial charge in [-0.15, -0.1) is 23.1 Å². The molecule has 1 aliphatic heterocycles. The minimum atomic E-state index is -0.0712. The minimum absolute atomic E-state index is 0.00963. The van der Waals surface area contributed by atoms with Crippen LogP contribution in [-0.4, -0.2) is 11.7 Å². The second kappa shape index (κ2) is 6.27. The number of allylic oxidation sites excluding steroid dienone is 1. The first-order valence-corrected chi connectivity index (χ1v) is 8.14. The fraction of sp³-hybridized carbons (Fsp3) is 0.429. The van der Waals surface area contributed by atoms with Gasteiger partial charge in [0.1, 0.15) is 0 Å². The molecule has 1 unspecified atom stereocenters. The van der Waals surface area contributed by atoms with Crippen molar-refractivity contribution in [3.05, 3.63) is 32.5 Å². The summed E-state index contributed by atoms with van der Waals surface area (Å²) >= 11 is 3.20. The molecule has 0 radical (unpaired) electrons. The van der Waals surface area contributed by atoms with Crippen LogP contribution in [0.5, 0.6) is 0 Å². The number of aryl methyl sites for hydroxylation is 1. The number of carbonyl (C=O) groups excluding carboxylic acids is 1. The number of nitriles is 1. The van der Waals surface area contributed by atoms with E-state index in [1.165, 1.54) is 0 Å². The van der Waals surface area contributed by atoms with Gasteiger partial charge < -0.3 is 5.32 Å². The number of nitrogens with zero attached hydrogens (tertiary/aromatic N) is 1. The molecule has 3 nitrogen and oxygen atoms in total. The third-order valence-corrected chi connectivity index (χ3v) is 5.38. The van der Waals surface area contributed by atoms with Gasteiger partial charge in [-0.25, -0.2) is 0 Å². The van der Waals surface area contributed by atoms with Crippen LogP contribution < -0.4 is 5.32 Å². The Morgan fingerprint density at radius 2 is 2.42 bits per heavy atom. The predicted octanol–water partition coefficient (Wildman–Crippen LogP) is 3.54. The van der Waals surface area contributed by atoms with Crippen molar-refractivity contribution in [3.63, 3.8) is 0 Å². The van der Waals surface area contributed by atoms with E-state index in [9.17, 15) is 10.1 Å². The standard InChI is InChI=1S/C14H16N2OS2/c1-3-5-19-14-11(8-15)10(7-12(17)16-14)13-9(2)4-6-18-13/h4,6,10H,3,5,7H2,1-2H3,(H,16,17). The van der Waals surface area contributed by atoms with E-state index in [-0.39, 0.29) is 11.8 Å². The van der Waals surface area contributed by atoms with Gasteiger partial charge in [-0.05, 0) is 36.1 Å². The summed E-state index contributed by atoms with van der Waals surface area (Å²) in [6, 6.07) is 4.34. The van der Waals surface area contributed by atoms with Crippen molar-refractivity contribution in [1.29, 1.82) is 5.26 Å². The monoisotopic (exact) mass is 292 g/mol. The predicted molar refractivity (Wildman–Crippen MR) is 79.9 cm³/mol. The Hall–Kier alpha value is -1.25. The number of thiophene rings is 1. The molecule has 1 aliphatic rings. The van der Waals surface area contributed by atoms with Crippen LogP contribution in [0.2, 0.25) is 0 Å². The first kappa shape index (κ1) is 14.2. The summed E-state index contributed by atoms with van der Waals surface area (Å²) in [5.41, 5.74) is 1.88. The second-order valence-corrected chi connectivity index (χ2v) is 6.53. The molecule has 0 aliphatic carbocycles. The van der Waals surface area contributed by atoms with E-state index in [1.807, 2.05) is 18.4 Å². The van der Waals surface area contributed by atoms with Crippen molar-refractivity contribution < 1.29 is 4.79 Å². The molecule has 0 aromatic carbocycles. The van der Waals surface area contributed by atoms with Gasteiger partial charge in [0, 0.05) is 17.2 Å². The lowest BCUT2D eigenvalue weighted by atomic mass is 9.91. The average molecular weight is 292 g/mol. The molecule has 5 heteroatoms. The highest BCUT2D eigenvalue weighted by atomic mass is 32.2. The number of nitrogens with one attached hydrogen (secondary N) is 1. The SMILES string of the molecule is CCCSC1=C(C#N)C(c2sccc2C)CC(=O)N1. The molecule has 0 saturated carbocycles. The van der Waals surface area contributed by atoms with Gasteiger partial charge in [-0.1, -0.05) is 6.92 Å². The molecular formula is C14H16N2OS2. The maximum absolute atomic E-state index is 11.9. The zero-order valence-electron chi connectivity index (χ0n) is 11.0. The highest BCUT2D eigenvalue weighted by molar-refractivity contribution is 8.03. The first-order chi connectivity index (χ1) is 9.17. The Morgan fingerprint density at radius 3 is 3.00 bits per heavy atom. The van der Waals surface area contributed by atoms with E-state index in [1.54, 1.807) is 23.1 Å². The van der Waals surface area contributed by atoms with Crippen molar-refractivity contribution >= 4 is 29.0 Å². The molecule has 100 valence electrons. The molecule has 0 fully saturated rings. The van der Waals surface area contributed by atoms with Crippen LogP contribution in [0.3, 0.4) is 0 Å². The van der Waals surface area contributed by atoms with Crippen molar-refractivity contribution in [3.8, 4) is 6.07 Å². The van der Waals surface area contributed by atoms with Gasteiger partial charge >= 0.3 is 0 Å². The highest BCUT2D eigenvalue weighted by Crippen LogP contribution is 2.39. The van der Waals surface area contributed by atoms with Gasteiger partial charge in [-0.2, -0.15) is 5.26 Å². The zero-order chi connectivity index (χ0) is 13.8. The number of hydrogen-bond acceptors (Lipinski definition) is 4. The molecule has 0 bridgehead atoms. The fourth-order valence-corrected chi connectivity index (χ4v) is 4.08. The van der Waals surface area contributed by atoms with Crippen molar-refractivity contribution in [1.82, 2.24) is 5.32 Å². The Kier molecular flexibility index (Phi) is 4.67. The van der Waals surface area contributed by atoms with Crippen molar-refractivity contribution in [2.45, 2.75) is 32.6 Å². The minimum Gasteiger partial charge on any atom is -0.320 e. The third-order valence-electron chi connectivity index (χ3n) is 3.02. The summed E-state index contributed by atoms with van der Waals surface area (Å²) < 4.78 is 0. The molecule has 2 heterocycles. The van der Waals surface area contributed by atoms with Crippen LogP contribution in [0.15, 0.2) is 22.0 Å². The second-order valence-electron chi connectivity index (χ2n) is 4.48. The molecule has 1 aromatic rings. The topological polar surface area (TPSA) is 52.9 Å². The number of carbonyl (C=O) groups is 1. The lowest BCUT2D eigenvalue weighted by Gasteiger charge is -2.24. The summed E-state index contributed by atoms with van der Waals surface area (Å²) in [5.74, 6) is 0.852. The molecule has 1 amide bonds. The Bertz CT molecular complexity index is 554. The van der Waals surface area contributed by atoms with Crippen LogP contribution >= 0.6 is 23.1 Å². The highest BCUT2D eigenvalue weighted by Gasteiger charge is 2.30. The largest absolute Gasteiger partial charge is 0.320 e. The molecule has 1 aromatic heterocycles. The summed E-state index contributed by atoms with van der Waals surface area (Å²) in [7, 11) is 0. The molecule has 19 heavy (non-hydrogen) atoms. The van der Waals surface area contributed by atoms with Gasteiger partial charge in [0.2, 0.25) is 5.91 Å². The van der Waals surface area contributed by atoms with Gasteiger partial charge in [0.25, 0.3) is 0 Å². The van der Waals surface area contributed by atoms with Crippen LogP contribution in [0.1, 0.15) is 36.1 Å². The van der Waals surface area contributed by atoms with E-state index >= 15 is 0 Å². The molecule has 2 rings (SSSR count). The van der Waals surface area contributed by atoms with E-state index in [0.717, 1.165) is 27.6 Å². The maximum Gasteiger partial charge on any atom is 0.225 e. The average Bonchev–Trinajstić information content (AvgIpc) is 2.81. The summed E-state index contributed by atoms with van der Waals surface area (Å²) in [6.45, 7) is 4.12. The molecule has 0 saturated heterocycles. The van der Waals surface area contributed by atoms with Crippen LogP contribution in [0.25, 0.3) is 0 Å². The van der Waals surface area contributed by atoms with Gasteiger partial charge in [0.05, 0.1) is 16.7 Å². The Labute approximate surface area is 121 Å². The van der Waals surface area contributed by atoms with Gasteiger partial charge in [0.15, 0.2) is 0 Å². The Balaban J connectivity index is 2.39. The Morgan fingerprint density at radius 1 is 1.63 bits per heavy atom. The van der Waals surface area contributed by atoms with Crippen LogP contribution in [0, 0.1) is 18.3 Å². The van der Waals surface area contributed by atoms with Crippen molar-refractivity contribution in [2.75, 3.05) is 5.75 Å². The summed E-state index contributed by atoms with van der Waals surface area (Å²) in [4.78, 5) is 13.0. The molecule has 1 atom stereocenters. The number of rotatable bonds is 4. The zero-order valence-corrected chi connectivity index (χ0v) is 12.7. The molecule has 0 spiro atoms. The quantitative estimate of drug-likeness (QED) is 0.923. The third kappa shape index (κ3) is 3.02. The van der Waals surface area contributed by atoms with E-state index in [4.69, 9.17) is 0 Å². The van der Waals surface area contributed by atoms with Crippen molar-refractivity contribution in [2.24, 2.45) is 0 Å². The lowest BCUT2D eigenvalue weighted by Crippen LogP contribution is -2.30. The van der Waals surface area contributed by atoms with Crippen LogP contribution in [-0.2, 0) is 4.79 Å². The number of thioether (sulfide) groups is 1. The molecular weight excluding hydrogens is 276 g/mol. The summed E-state index contributed by atoms with van der Waals surface area (Å²) in [5, 5.41) is 15.1.